The van der Waals surface area contributed by atoms with E-state index in [4.69, 9.17) is 0 Å². The molecule has 0 saturated heterocycles. The monoisotopic (exact) mass is 126 g/mol. The van der Waals surface area contributed by atoms with Crippen molar-refractivity contribution >= 4 is 12.6 Å². The number of allylic oxidation sites excluding steroid dienone is 1. The lowest BCUT2D eigenvalue weighted by Crippen LogP contribution is -2.17. The van der Waals surface area contributed by atoms with Crippen LogP contribution >= 0.6 is 0 Å². The predicted octanol–water partition coefficient (Wildman–Crippen LogP) is 0.636. The highest BCUT2D eigenvalue weighted by atomic mass is 16.2. The highest BCUT2D eigenvalue weighted by Gasteiger charge is 1.97. The van der Waals surface area contributed by atoms with E-state index in [1.54, 1.807) is 20.0 Å². The Bertz CT molecular complexity index is 140. The van der Waals surface area contributed by atoms with Crippen LogP contribution in [-0.4, -0.2) is 24.7 Å². The summed E-state index contributed by atoms with van der Waals surface area (Å²) < 4.78 is 0. The van der Waals surface area contributed by atoms with E-state index in [-0.39, 0.29) is 5.91 Å². The normalized spacial score (nSPS) is 9.56. The van der Waals surface area contributed by atoms with Gasteiger partial charge in [0.2, 0.25) is 0 Å². The maximum absolute atomic E-state index is 10.7. The number of hydrogen-bond acceptors (Lipinski definition) is 2. The smallest absolute Gasteiger partial charge is 0.266 e. The van der Waals surface area contributed by atoms with Crippen LogP contribution in [0.3, 0.4) is 0 Å². The van der Waals surface area contributed by atoms with Crippen LogP contribution in [0, 0.1) is 0 Å². The van der Waals surface area contributed by atoms with Crippen molar-refractivity contribution in [2.45, 2.75) is 6.92 Å². The fourth-order valence-electron chi connectivity index (χ4n) is 0.320. The molecule has 0 fully saturated rings. The van der Waals surface area contributed by atoms with Crippen molar-refractivity contribution in [3.8, 4) is 0 Å². The third-order valence-corrected chi connectivity index (χ3v) is 0.840. The van der Waals surface area contributed by atoms with Crippen molar-refractivity contribution in [3.63, 3.8) is 0 Å². The van der Waals surface area contributed by atoms with Gasteiger partial charge in [-0.3, -0.25) is 4.79 Å². The number of carbonyl (C=O) groups excluding carboxylic acids is 1. The first-order valence-corrected chi connectivity index (χ1v) is 2.59. The van der Waals surface area contributed by atoms with Crippen molar-refractivity contribution in [1.29, 1.82) is 0 Å². The second-order valence-electron chi connectivity index (χ2n) is 1.50. The molecular weight excluding hydrogens is 116 g/mol. The van der Waals surface area contributed by atoms with Gasteiger partial charge in [-0.15, -0.1) is 0 Å². The molecule has 0 spiro atoms. The van der Waals surface area contributed by atoms with Gasteiger partial charge in [0.25, 0.3) is 5.91 Å². The molecule has 0 heterocycles. The Hall–Kier alpha value is -1.12. The number of hydrazone groups is 1. The first kappa shape index (κ1) is 7.88. The number of rotatable bonds is 2. The van der Waals surface area contributed by atoms with Crippen LogP contribution in [0.25, 0.3) is 0 Å². The van der Waals surface area contributed by atoms with Gasteiger partial charge in [-0.1, -0.05) is 6.08 Å². The Morgan fingerprint density at radius 2 is 2.33 bits per heavy atom. The van der Waals surface area contributed by atoms with Gasteiger partial charge in [0.15, 0.2) is 0 Å². The van der Waals surface area contributed by atoms with Crippen LogP contribution in [-0.2, 0) is 4.79 Å². The van der Waals surface area contributed by atoms with Crippen LogP contribution in [0.2, 0.25) is 0 Å². The molecule has 0 aromatic rings. The summed E-state index contributed by atoms with van der Waals surface area (Å²) in [6.07, 6.45) is 3.08. The minimum atomic E-state index is -0.160. The molecule has 0 aromatic carbocycles. The Morgan fingerprint density at radius 3 is 2.67 bits per heavy atom. The number of amides is 1. The molecule has 0 aromatic heterocycles. The molecule has 0 aliphatic carbocycles. The fourth-order valence-corrected chi connectivity index (χ4v) is 0.320. The van der Waals surface area contributed by atoms with Gasteiger partial charge < -0.3 is 0 Å². The van der Waals surface area contributed by atoms with E-state index in [2.05, 4.69) is 11.8 Å². The topological polar surface area (TPSA) is 32.7 Å². The van der Waals surface area contributed by atoms with Crippen molar-refractivity contribution in [2.24, 2.45) is 5.10 Å². The van der Waals surface area contributed by atoms with E-state index in [0.717, 1.165) is 0 Å². The van der Waals surface area contributed by atoms with E-state index in [1.807, 2.05) is 0 Å². The molecule has 0 unspecified atom stereocenters. The molecule has 0 radical (unpaired) electrons. The summed E-state index contributed by atoms with van der Waals surface area (Å²) in [7, 11) is 1.55. The fraction of sp³-hybridized carbons (Fsp3) is 0.333. The summed E-state index contributed by atoms with van der Waals surface area (Å²) in [6, 6.07) is 0. The van der Waals surface area contributed by atoms with Crippen LogP contribution in [0.1, 0.15) is 6.92 Å². The minimum Gasteiger partial charge on any atom is -0.268 e. The number of carbonyl (C=O) groups is 1. The summed E-state index contributed by atoms with van der Waals surface area (Å²) >= 11 is 0. The van der Waals surface area contributed by atoms with Crippen molar-refractivity contribution in [1.82, 2.24) is 5.01 Å². The van der Waals surface area contributed by atoms with E-state index in [0.29, 0.717) is 0 Å². The Kier molecular flexibility index (Phi) is 3.35. The molecule has 50 valence electrons. The molecule has 0 rings (SSSR count). The zero-order valence-electron chi connectivity index (χ0n) is 5.66. The summed E-state index contributed by atoms with van der Waals surface area (Å²) in [5.41, 5.74) is 0. The lowest BCUT2D eigenvalue weighted by molar-refractivity contribution is -0.124. The Morgan fingerprint density at radius 1 is 1.78 bits per heavy atom. The minimum absolute atomic E-state index is 0.160. The third-order valence-electron chi connectivity index (χ3n) is 0.840. The summed E-state index contributed by atoms with van der Waals surface area (Å²) in [6.45, 7) is 4.96. The molecule has 0 saturated carbocycles. The maximum Gasteiger partial charge on any atom is 0.266 e. The number of nitrogens with zero attached hydrogens (tertiary/aromatic N) is 2. The predicted molar refractivity (Wildman–Crippen MR) is 37.1 cm³/mol. The second-order valence-corrected chi connectivity index (χ2v) is 1.50. The SMILES string of the molecule is C=NN(C)C(=O)/C=C\C. The van der Waals surface area contributed by atoms with Crippen LogP contribution in [0.4, 0.5) is 0 Å². The first-order valence-electron chi connectivity index (χ1n) is 2.59. The molecule has 1 amide bonds. The molecule has 3 heteroatoms. The van der Waals surface area contributed by atoms with E-state index < -0.39 is 0 Å². The molecule has 0 aliphatic heterocycles. The molecular formula is C6H10N2O. The van der Waals surface area contributed by atoms with Crippen LogP contribution in [0.5, 0.6) is 0 Å². The van der Waals surface area contributed by atoms with Gasteiger partial charge in [0.1, 0.15) is 0 Å². The zero-order valence-corrected chi connectivity index (χ0v) is 5.66. The first-order chi connectivity index (χ1) is 4.22. The van der Waals surface area contributed by atoms with Crippen molar-refractivity contribution in [2.75, 3.05) is 7.05 Å². The average molecular weight is 126 g/mol. The van der Waals surface area contributed by atoms with E-state index in [9.17, 15) is 4.79 Å². The average Bonchev–Trinajstić information content (AvgIpc) is 1.87. The van der Waals surface area contributed by atoms with Gasteiger partial charge in [-0.2, -0.15) is 5.10 Å². The quantitative estimate of drug-likeness (QED) is 0.303. The highest BCUT2D eigenvalue weighted by molar-refractivity contribution is 5.87. The lowest BCUT2D eigenvalue weighted by Gasteiger charge is -2.04. The lowest BCUT2D eigenvalue weighted by atomic mass is 10.5. The largest absolute Gasteiger partial charge is 0.268 e. The molecule has 0 N–H and O–H groups in total. The van der Waals surface area contributed by atoms with Crippen LogP contribution < -0.4 is 0 Å². The Labute approximate surface area is 54.7 Å². The van der Waals surface area contributed by atoms with Gasteiger partial charge in [0, 0.05) is 19.8 Å². The molecule has 0 aliphatic rings. The second kappa shape index (κ2) is 3.83. The summed E-state index contributed by atoms with van der Waals surface area (Å²) in [5, 5.41) is 4.56. The summed E-state index contributed by atoms with van der Waals surface area (Å²) in [5.74, 6) is -0.160. The highest BCUT2D eigenvalue weighted by Crippen LogP contribution is 1.84. The molecule has 0 atom stereocenters. The molecule has 0 bridgehead atoms. The van der Waals surface area contributed by atoms with Gasteiger partial charge >= 0.3 is 0 Å². The molecule has 9 heavy (non-hydrogen) atoms. The van der Waals surface area contributed by atoms with Gasteiger partial charge in [-0.25, -0.2) is 5.01 Å². The number of likely N-dealkylation sites (N-methyl/N-ethyl adjacent to an activating group) is 1. The van der Waals surface area contributed by atoms with Gasteiger partial charge in [-0.05, 0) is 6.92 Å². The maximum atomic E-state index is 10.7. The molecule has 3 nitrogen and oxygen atoms in total. The van der Waals surface area contributed by atoms with Crippen molar-refractivity contribution in [3.05, 3.63) is 12.2 Å². The van der Waals surface area contributed by atoms with Gasteiger partial charge in [0.05, 0.1) is 0 Å². The number of hydrogen-bond donors (Lipinski definition) is 0. The van der Waals surface area contributed by atoms with Crippen molar-refractivity contribution < 1.29 is 4.79 Å². The zero-order chi connectivity index (χ0) is 7.28. The Balaban J connectivity index is 3.87. The standard InChI is InChI=1S/C6H10N2O/c1-4-5-6(9)8(3)7-2/h4-5H,2H2,1,3H3/b5-4-. The third kappa shape index (κ3) is 2.64. The summed E-state index contributed by atoms with van der Waals surface area (Å²) in [4.78, 5) is 10.7. The van der Waals surface area contributed by atoms with Crippen LogP contribution in [0.15, 0.2) is 17.3 Å². The van der Waals surface area contributed by atoms with E-state index in [1.165, 1.54) is 11.1 Å². The van der Waals surface area contributed by atoms with E-state index >= 15 is 0 Å².